The maximum atomic E-state index is 11.3. The van der Waals surface area contributed by atoms with Crippen molar-refractivity contribution >= 4 is 23.0 Å². The largest absolute Gasteiger partial charge is 0.481 e. The molecule has 1 aromatic carbocycles. The third-order valence-electron chi connectivity index (χ3n) is 2.75. The molecular weight excluding hydrogens is 266 g/mol. The molecule has 0 fully saturated rings. The number of fused-ring (bicyclic) bond motifs is 1. The van der Waals surface area contributed by atoms with Gasteiger partial charge in [-0.2, -0.15) is 0 Å². The average Bonchev–Trinajstić information content (AvgIpc) is 2.37. The molecule has 1 atom stereocenters. The minimum atomic E-state index is -0.498. The SMILES string of the molecule is COCC(C)Nc1cc2c(cc1[N+](=O)[O-])OCC(=O)N2. The van der Waals surface area contributed by atoms with Gasteiger partial charge in [0.05, 0.1) is 23.3 Å². The Bertz CT molecular complexity index is 546. The van der Waals surface area contributed by atoms with E-state index in [0.717, 1.165) is 0 Å². The molecule has 1 unspecified atom stereocenters. The first-order chi connectivity index (χ1) is 9.51. The predicted octanol–water partition coefficient (Wildman–Crippen LogP) is 1.37. The van der Waals surface area contributed by atoms with Crippen molar-refractivity contribution in [2.75, 3.05) is 31.0 Å². The maximum absolute atomic E-state index is 11.3. The summed E-state index contributed by atoms with van der Waals surface area (Å²) in [6.45, 7) is 2.09. The summed E-state index contributed by atoms with van der Waals surface area (Å²) in [7, 11) is 1.55. The van der Waals surface area contributed by atoms with Crippen molar-refractivity contribution in [1.82, 2.24) is 0 Å². The Kier molecular flexibility index (Phi) is 4.04. The molecule has 2 N–H and O–H groups in total. The van der Waals surface area contributed by atoms with Crippen molar-refractivity contribution in [3.63, 3.8) is 0 Å². The Morgan fingerprint density at radius 1 is 1.60 bits per heavy atom. The molecular formula is C12H15N3O5. The Labute approximate surface area is 115 Å². The molecule has 0 aliphatic carbocycles. The fourth-order valence-corrected chi connectivity index (χ4v) is 1.94. The molecule has 1 amide bonds. The highest BCUT2D eigenvalue weighted by molar-refractivity contribution is 5.96. The van der Waals surface area contributed by atoms with Crippen LogP contribution in [0, 0.1) is 10.1 Å². The summed E-state index contributed by atoms with van der Waals surface area (Å²) in [5.74, 6) is 0.00323. The smallest absolute Gasteiger partial charge is 0.296 e. The van der Waals surface area contributed by atoms with Crippen molar-refractivity contribution < 1.29 is 19.2 Å². The lowest BCUT2D eigenvalue weighted by Crippen LogP contribution is -2.26. The Morgan fingerprint density at radius 2 is 2.35 bits per heavy atom. The number of rotatable bonds is 5. The minimum Gasteiger partial charge on any atom is -0.481 e. The predicted molar refractivity (Wildman–Crippen MR) is 72.2 cm³/mol. The Morgan fingerprint density at radius 3 is 3.00 bits per heavy atom. The van der Waals surface area contributed by atoms with E-state index in [9.17, 15) is 14.9 Å². The number of nitro benzene ring substituents is 1. The first-order valence-corrected chi connectivity index (χ1v) is 6.02. The first-order valence-electron chi connectivity index (χ1n) is 6.02. The summed E-state index contributed by atoms with van der Waals surface area (Å²) in [4.78, 5) is 21.9. The van der Waals surface area contributed by atoms with Gasteiger partial charge in [0.25, 0.3) is 11.6 Å². The number of anilines is 2. The zero-order valence-corrected chi connectivity index (χ0v) is 11.1. The fourth-order valence-electron chi connectivity index (χ4n) is 1.94. The average molecular weight is 281 g/mol. The molecule has 1 aliphatic rings. The van der Waals surface area contributed by atoms with Crippen LogP contribution in [0.1, 0.15) is 6.92 Å². The molecule has 108 valence electrons. The van der Waals surface area contributed by atoms with E-state index >= 15 is 0 Å². The van der Waals surface area contributed by atoms with Crippen LogP contribution in [0.4, 0.5) is 17.1 Å². The number of carbonyl (C=O) groups excluding carboxylic acids is 1. The fraction of sp³-hybridized carbons (Fsp3) is 0.417. The molecule has 2 rings (SSSR count). The number of carbonyl (C=O) groups is 1. The second-order valence-electron chi connectivity index (χ2n) is 4.46. The molecule has 0 saturated carbocycles. The third kappa shape index (κ3) is 2.97. The van der Waals surface area contributed by atoms with Crippen LogP contribution in [0.3, 0.4) is 0 Å². The normalized spacial score (nSPS) is 14.8. The van der Waals surface area contributed by atoms with Crippen molar-refractivity contribution in [1.29, 1.82) is 0 Å². The molecule has 1 aromatic rings. The molecule has 8 heteroatoms. The lowest BCUT2D eigenvalue weighted by molar-refractivity contribution is -0.384. The van der Waals surface area contributed by atoms with Crippen LogP contribution in [0.15, 0.2) is 12.1 Å². The Balaban J connectivity index is 2.35. The van der Waals surface area contributed by atoms with Crippen LogP contribution in [0.5, 0.6) is 5.75 Å². The van der Waals surface area contributed by atoms with Gasteiger partial charge in [0.15, 0.2) is 12.4 Å². The van der Waals surface area contributed by atoms with Crippen molar-refractivity contribution in [3.8, 4) is 5.75 Å². The van der Waals surface area contributed by atoms with E-state index in [2.05, 4.69) is 10.6 Å². The second kappa shape index (κ2) is 5.74. The number of nitrogens with zero attached hydrogens (tertiary/aromatic N) is 1. The van der Waals surface area contributed by atoms with E-state index in [-0.39, 0.29) is 24.2 Å². The number of nitro groups is 1. The van der Waals surface area contributed by atoms with Gasteiger partial charge in [-0.3, -0.25) is 14.9 Å². The number of amides is 1. The lowest BCUT2D eigenvalue weighted by Gasteiger charge is -2.20. The molecule has 8 nitrogen and oxygen atoms in total. The zero-order chi connectivity index (χ0) is 14.7. The van der Waals surface area contributed by atoms with Gasteiger partial charge >= 0.3 is 0 Å². The number of hydrogen-bond donors (Lipinski definition) is 2. The van der Waals surface area contributed by atoms with Gasteiger partial charge in [-0.25, -0.2) is 0 Å². The van der Waals surface area contributed by atoms with E-state index in [0.29, 0.717) is 23.7 Å². The standard InChI is InChI=1S/C12H15N3O5/c1-7(5-19-2)13-8-3-9-11(4-10(8)15(17)18)20-6-12(16)14-9/h3-4,7,13H,5-6H2,1-2H3,(H,14,16). The molecule has 20 heavy (non-hydrogen) atoms. The van der Waals surface area contributed by atoms with Crippen molar-refractivity contribution in [3.05, 3.63) is 22.2 Å². The summed E-state index contributed by atoms with van der Waals surface area (Å²) in [6.07, 6.45) is 0. The number of benzene rings is 1. The number of hydrogen-bond acceptors (Lipinski definition) is 6. The summed E-state index contributed by atoms with van der Waals surface area (Å²) in [5.41, 5.74) is 0.617. The molecule has 0 aromatic heterocycles. The van der Waals surface area contributed by atoms with Crippen LogP contribution >= 0.6 is 0 Å². The van der Waals surface area contributed by atoms with E-state index in [4.69, 9.17) is 9.47 Å². The first kappa shape index (κ1) is 14.1. The van der Waals surface area contributed by atoms with Crippen LogP contribution in [-0.4, -0.2) is 37.2 Å². The molecule has 1 heterocycles. The lowest BCUT2D eigenvalue weighted by atomic mass is 10.2. The highest BCUT2D eigenvalue weighted by atomic mass is 16.6. The number of ether oxygens (including phenoxy) is 2. The molecule has 1 aliphatic heterocycles. The van der Waals surface area contributed by atoms with Gasteiger partial charge in [-0.1, -0.05) is 0 Å². The van der Waals surface area contributed by atoms with Crippen molar-refractivity contribution in [2.45, 2.75) is 13.0 Å². The van der Waals surface area contributed by atoms with Crippen LogP contribution in [-0.2, 0) is 9.53 Å². The van der Waals surface area contributed by atoms with E-state index in [1.165, 1.54) is 12.1 Å². The van der Waals surface area contributed by atoms with Gasteiger partial charge < -0.3 is 20.1 Å². The molecule has 0 radical (unpaired) electrons. The number of nitrogens with one attached hydrogen (secondary N) is 2. The topological polar surface area (TPSA) is 103 Å². The molecule has 0 saturated heterocycles. The van der Waals surface area contributed by atoms with Gasteiger partial charge in [0, 0.05) is 13.2 Å². The second-order valence-corrected chi connectivity index (χ2v) is 4.46. The van der Waals surface area contributed by atoms with E-state index < -0.39 is 4.92 Å². The van der Waals surface area contributed by atoms with Gasteiger partial charge in [0.2, 0.25) is 0 Å². The monoisotopic (exact) mass is 281 g/mol. The van der Waals surface area contributed by atoms with Crippen LogP contribution < -0.4 is 15.4 Å². The quantitative estimate of drug-likeness (QED) is 0.624. The summed E-state index contributed by atoms with van der Waals surface area (Å²) >= 11 is 0. The van der Waals surface area contributed by atoms with Crippen LogP contribution in [0.25, 0.3) is 0 Å². The van der Waals surface area contributed by atoms with E-state index in [1.54, 1.807) is 7.11 Å². The summed E-state index contributed by atoms with van der Waals surface area (Å²) < 4.78 is 10.1. The highest BCUT2D eigenvalue weighted by Crippen LogP contribution is 2.38. The van der Waals surface area contributed by atoms with Gasteiger partial charge in [-0.15, -0.1) is 0 Å². The summed E-state index contributed by atoms with van der Waals surface area (Å²) in [6, 6.07) is 2.68. The van der Waals surface area contributed by atoms with E-state index in [1.807, 2.05) is 6.92 Å². The Hall–Kier alpha value is -2.35. The van der Waals surface area contributed by atoms with Crippen LogP contribution in [0.2, 0.25) is 0 Å². The molecule has 0 bridgehead atoms. The van der Waals surface area contributed by atoms with Crippen molar-refractivity contribution in [2.24, 2.45) is 0 Å². The molecule has 0 spiro atoms. The highest BCUT2D eigenvalue weighted by Gasteiger charge is 2.24. The number of methoxy groups -OCH3 is 1. The van der Waals surface area contributed by atoms with Gasteiger partial charge in [0.1, 0.15) is 5.69 Å². The minimum absolute atomic E-state index is 0.108. The zero-order valence-electron chi connectivity index (χ0n) is 11.1. The maximum Gasteiger partial charge on any atom is 0.296 e. The third-order valence-corrected chi connectivity index (χ3v) is 2.75. The van der Waals surface area contributed by atoms with Gasteiger partial charge in [-0.05, 0) is 13.0 Å². The summed E-state index contributed by atoms with van der Waals surface area (Å²) in [5, 5.41) is 16.7.